The number of carbonyl (C=O) groups excluding carboxylic acids is 1. The van der Waals surface area contributed by atoms with Gasteiger partial charge in [0.2, 0.25) is 5.96 Å². The highest BCUT2D eigenvalue weighted by Gasteiger charge is 2.39. The summed E-state index contributed by atoms with van der Waals surface area (Å²) >= 11 is 0. The molecule has 6 nitrogen and oxygen atoms in total. The Morgan fingerprint density at radius 1 is 0.882 bits per heavy atom. The molecule has 5 rings (SSSR count). The zero-order chi connectivity index (χ0) is 23.5. The molecule has 3 aromatic carbocycles. The second kappa shape index (κ2) is 9.59. The number of rotatable bonds is 5. The fourth-order valence-electron chi connectivity index (χ4n) is 4.74. The molecule has 1 atom stereocenters. The van der Waals surface area contributed by atoms with Crippen molar-refractivity contribution in [3.63, 3.8) is 0 Å². The Hall–Kier alpha value is -3.80. The maximum Gasteiger partial charge on any atom is 0.259 e. The smallest absolute Gasteiger partial charge is 0.259 e. The molecular formula is C28H30N4O2. The molecule has 1 fully saturated rings. The summed E-state index contributed by atoms with van der Waals surface area (Å²) in [6.07, 6.45) is 0.604. The minimum Gasteiger partial charge on any atom is -0.495 e. The van der Waals surface area contributed by atoms with E-state index in [9.17, 15) is 4.79 Å². The van der Waals surface area contributed by atoms with E-state index in [1.54, 1.807) is 7.11 Å². The van der Waals surface area contributed by atoms with E-state index in [1.807, 2.05) is 66.4 Å². The van der Waals surface area contributed by atoms with E-state index in [0.717, 1.165) is 60.4 Å². The number of anilines is 2. The number of aryl methyl sites for hydroxylation is 1. The SMILES string of the molecule is COc1ccccc1N1CCN(C2=NC(Cc3ccccc3)C(=O)N2c2cccc(C)c2)CC1. The van der Waals surface area contributed by atoms with Crippen molar-refractivity contribution in [2.45, 2.75) is 19.4 Å². The number of guanidine groups is 1. The van der Waals surface area contributed by atoms with Crippen LogP contribution in [0.2, 0.25) is 0 Å². The first kappa shape index (κ1) is 22.0. The lowest BCUT2D eigenvalue weighted by Gasteiger charge is -2.39. The van der Waals surface area contributed by atoms with Crippen LogP contribution in [0.1, 0.15) is 11.1 Å². The second-order valence-electron chi connectivity index (χ2n) is 8.79. The summed E-state index contributed by atoms with van der Waals surface area (Å²) in [6, 6.07) is 25.9. The van der Waals surface area contributed by atoms with Crippen molar-refractivity contribution in [1.29, 1.82) is 0 Å². The third-order valence-electron chi connectivity index (χ3n) is 6.50. The van der Waals surface area contributed by atoms with Gasteiger partial charge in [-0.2, -0.15) is 0 Å². The van der Waals surface area contributed by atoms with Gasteiger partial charge in [-0.3, -0.25) is 4.79 Å². The highest BCUT2D eigenvalue weighted by atomic mass is 16.5. The molecule has 34 heavy (non-hydrogen) atoms. The Kier molecular flexibility index (Phi) is 6.21. The Morgan fingerprint density at radius 2 is 1.59 bits per heavy atom. The van der Waals surface area contributed by atoms with Crippen molar-refractivity contribution in [3.8, 4) is 5.75 Å². The standard InChI is InChI=1S/C28H30N4O2/c1-21-9-8-12-23(19-21)32-27(33)24(20-22-10-4-3-5-11-22)29-28(32)31-17-15-30(16-18-31)25-13-6-7-14-26(25)34-2/h3-14,19,24H,15-18,20H2,1-2H3. The van der Waals surface area contributed by atoms with Gasteiger partial charge in [-0.15, -0.1) is 0 Å². The zero-order valence-corrected chi connectivity index (χ0v) is 19.7. The number of para-hydroxylation sites is 2. The quantitative estimate of drug-likeness (QED) is 0.581. The lowest BCUT2D eigenvalue weighted by atomic mass is 10.1. The lowest BCUT2D eigenvalue weighted by molar-refractivity contribution is -0.118. The van der Waals surface area contributed by atoms with Crippen molar-refractivity contribution in [2.24, 2.45) is 4.99 Å². The highest BCUT2D eigenvalue weighted by molar-refractivity contribution is 6.22. The molecule has 2 aliphatic heterocycles. The Morgan fingerprint density at radius 3 is 2.32 bits per heavy atom. The van der Waals surface area contributed by atoms with E-state index in [1.165, 1.54) is 0 Å². The number of nitrogens with zero attached hydrogens (tertiary/aromatic N) is 4. The average molecular weight is 455 g/mol. The molecule has 0 N–H and O–H groups in total. The molecule has 0 aliphatic carbocycles. The van der Waals surface area contributed by atoms with Crippen LogP contribution in [0.15, 0.2) is 83.9 Å². The molecule has 0 radical (unpaired) electrons. The van der Waals surface area contributed by atoms with E-state index in [2.05, 4.69) is 34.1 Å². The molecule has 2 heterocycles. The highest BCUT2D eigenvalue weighted by Crippen LogP contribution is 2.30. The fourth-order valence-corrected chi connectivity index (χ4v) is 4.74. The molecular weight excluding hydrogens is 424 g/mol. The summed E-state index contributed by atoms with van der Waals surface area (Å²) in [5.41, 5.74) is 4.23. The van der Waals surface area contributed by atoms with E-state index in [0.29, 0.717) is 6.42 Å². The molecule has 1 amide bonds. The lowest BCUT2D eigenvalue weighted by Crippen LogP contribution is -2.53. The molecule has 1 saturated heterocycles. The Balaban J connectivity index is 1.40. The van der Waals surface area contributed by atoms with Crippen molar-refractivity contribution in [1.82, 2.24) is 4.90 Å². The summed E-state index contributed by atoms with van der Waals surface area (Å²) < 4.78 is 5.56. The molecule has 6 heteroatoms. The number of ether oxygens (including phenoxy) is 1. The van der Waals surface area contributed by atoms with Gasteiger partial charge in [0, 0.05) is 32.6 Å². The largest absolute Gasteiger partial charge is 0.495 e. The minimum absolute atomic E-state index is 0.0385. The van der Waals surface area contributed by atoms with Gasteiger partial charge in [0.25, 0.3) is 5.91 Å². The monoisotopic (exact) mass is 454 g/mol. The number of hydrogen-bond donors (Lipinski definition) is 0. The topological polar surface area (TPSA) is 48.4 Å². The number of aliphatic imine (C=N–C) groups is 1. The minimum atomic E-state index is -0.412. The first-order chi connectivity index (χ1) is 16.6. The molecule has 2 aliphatic rings. The van der Waals surface area contributed by atoms with Crippen molar-refractivity contribution in [3.05, 3.63) is 90.0 Å². The van der Waals surface area contributed by atoms with E-state index < -0.39 is 6.04 Å². The molecule has 0 saturated carbocycles. The number of hydrogen-bond acceptors (Lipinski definition) is 5. The van der Waals surface area contributed by atoms with Crippen LogP contribution in [0.5, 0.6) is 5.75 Å². The molecule has 3 aromatic rings. The van der Waals surface area contributed by atoms with E-state index in [-0.39, 0.29) is 5.91 Å². The molecule has 174 valence electrons. The number of methoxy groups -OCH3 is 1. The number of piperazine rings is 1. The van der Waals surface area contributed by atoms with Gasteiger partial charge in [0.15, 0.2) is 0 Å². The number of benzene rings is 3. The van der Waals surface area contributed by atoms with Crippen LogP contribution in [0, 0.1) is 6.92 Å². The second-order valence-corrected chi connectivity index (χ2v) is 8.79. The summed E-state index contributed by atoms with van der Waals surface area (Å²) in [4.78, 5) is 25.0. The number of carbonyl (C=O) groups is 1. The predicted octanol–water partition coefficient (Wildman–Crippen LogP) is 4.14. The van der Waals surface area contributed by atoms with Crippen LogP contribution in [-0.2, 0) is 11.2 Å². The summed E-state index contributed by atoms with van der Waals surface area (Å²) in [6.45, 7) is 5.28. The van der Waals surface area contributed by atoms with Crippen LogP contribution in [-0.4, -0.2) is 56.1 Å². The van der Waals surface area contributed by atoms with Crippen molar-refractivity contribution < 1.29 is 9.53 Å². The molecule has 0 bridgehead atoms. The van der Waals surface area contributed by atoms with Crippen molar-refractivity contribution in [2.75, 3.05) is 43.1 Å². The summed E-state index contributed by atoms with van der Waals surface area (Å²) in [5.74, 6) is 1.68. The van der Waals surface area contributed by atoms with Crippen LogP contribution in [0.25, 0.3) is 0 Å². The van der Waals surface area contributed by atoms with Crippen LogP contribution in [0.3, 0.4) is 0 Å². The summed E-state index contributed by atoms with van der Waals surface area (Å²) in [7, 11) is 1.71. The van der Waals surface area contributed by atoms with Gasteiger partial charge in [0.05, 0.1) is 18.5 Å². The van der Waals surface area contributed by atoms with E-state index in [4.69, 9.17) is 9.73 Å². The summed E-state index contributed by atoms with van der Waals surface area (Å²) in [5, 5.41) is 0. The molecule has 0 aromatic heterocycles. The first-order valence-corrected chi connectivity index (χ1v) is 11.8. The number of amides is 1. The van der Waals surface area contributed by atoms with Gasteiger partial charge < -0.3 is 14.5 Å². The van der Waals surface area contributed by atoms with E-state index >= 15 is 0 Å². The van der Waals surface area contributed by atoms with Gasteiger partial charge in [-0.25, -0.2) is 9.89 Å². The van der Waals surface area contributed by atoms with Gasteiger partial charge >= 0.3 is 0 Å². The Bertz CT molecular complexity index is 1190. The molecule has 1 unspecified atom stereocenters. The van der Waals surface area contributed by atoms with Gasteiger partial charge in [-0.1, -0.05) is 54.6 Å². The molecule has 0 spiro atoms. The maximum atomic E-state index is 13.6. The average Bonchev–Trinajstić information content (AvgIpc) is 3.20. The van der Waals surface area contributed by atoms with Crippen LogP contribution >= 0.6 is 0 Å². The van der Waals surface area contributed by atoms with Crippen LogP contribution < -0.4 is 14.5 Å². The third kappa shape index (κ3) is 4.36. The third-order valence-corrected chi connectivity index (χ3v) is 6.50. The predicted molar refractivity (Wildman–Crippen MR) is 137 cm³/mol. The Labute approximate surface area is 201 Å². The van der Waals surface area contributed by atoms with Gasteiger partial charge in [-0.05, 0) is 42.3 Å². The fraction of sp³-hybridized carbons (Fsp3) is 0.286. The zero-order valence-electron chi connectivity index (χ0n) is 19.7. The normalized spacial score (nSPS) is 18.3. The first-order valence-electron chi connectivity index (χ1n) is 11.8. The van der Waals surface area contributed by atoms with Crippen molar-refractivity contribution >= 4 is 23.2 Å². The van der Waals surface area contributed by atoms with Crippen LogP contribution in [0.4, 0.5) is 11.4 Å². The van der Waals surface area contributed by atoms with Gasteiger partial charge in [0.1, 0.15) is 11.8 Å². The maximum absolute atomic E-state index is 13.6.